The number of nitrogens with two attached hydrogens (primary N) is 2. The molecular formula is C28H24N8O6. The smallest absolute Gasteiger partial charge is 0.335 e. The van der Waals surface area contributed by atoms with Gasteiger partial charge in [0.2, 0.25) is 0 Å². The van der Waals surface area contributed by atoms with E-state index < -0.39 is 34.7 Å². The van der Waals surface area contributed by atoms with Crippen molar-refractivity contribution in [2.45, 2.75) is 19.5 Å². The Morgan fingerprint density at radius 2 is 1.74 bits per heavy atom. The lowest BCUT2D eigenvalue weighted by atomic mass is 10.1. The Labute approximate surface area is 236 Å². The van der Waals surface area contributed by atoms with Gasteiger partial charge in [0.25, 0.3) is 22.7 Å². The third-order valence-electron chi connectivity index (χ3n) is 6.57. The van der Waals surface area contributed by atoms with Crippen LogP contribution in [0.2, 0.25) is 0 Å². The van der Waals surface area contributed by atoms with E-state index in [-0.39, 0.29) is 46.2 Å². The number of carbonyl (C=O) groups excluding carboxylic acids is 2. The Balaban J connectivity index is 1.33. The predicted molar refractivity (Wildman–Crippen MR) is 153 cm³/mol. The number of carbonyl (C=O) groups is 3. The zero-order valence-electron chi connectivity index (χ0n) is 22.0. The molecule has 0 saturated heterocycles. The molecule has 0 bridgehead atoms. The van der Waals surface area contributed by atoms with Gasteiger partial charge < -0.3 is 32.5 Å². The molecule has 0 aliphatic rings. The van der Waals surface area contributed by atoms with Crippen molar-refractivity contribution < 1.29 is 19.5 Å². The largest absolute Gasteiger partial charge is 0.478 e. The number of anilines is 4. The van der Waals surface area contributed by atoms with E-state index in [2.05, 4.69) is 26.0 Å². The lowest BCUT2D eigenvalue weighted by molar-refractivity contribution is 0.0696. The number of hydrogen-bond acceptors (Lipinski definition) is 10. The lowest BCUT2D eigenvalue weighted by Crippen LogP contribution is -2.36. The summed E-state index contributed by atoms with van der Waals surface area (Å²) >= 11 is 0. The van der Waals surface area contributed by atoms with Crippen LogP contribution in [0.5, 0.6) is 0 Å². The van der Waals surface area contributed by atoms with Gasteiger partial charge in [-0.25, -0.2) is 14.3 Å². The highest BCUT2D eigenvalue weighted by Gasteiger charge is 2.21. The van der Waals surface area contributed by atoms with Crippen LogP contribution in [0.4, 0.5) is 22.7 Å². The molecule has 0 radical (unpaired) electrons. The predicted octanol–water partition coefficient (Wildman–Crippen LogP) is 1.35. The maximum absolute atomic E-state index is 13.2. The van der Waals surface area contributed by atoms with E-state index in [0.29, 0.717) is 16.8 Å². The number of aromatic nitrogens is 3. The highest BCUT2D eigenvalue weighted by Crippen LogP contribution is 2.20. The molecule has 0 fully saturated rings. The molecule has 2 heterocycles. The monoisotopic (exact) mass is 568 g/mol. The van der Waals surface area contributed by atoms with Gasteiger partial charge in [0, 0.05) is 18.3 Å². The Morgan fingerprint density at radius 3 is 2.43 bits per heavy atom. The van der Waals surface area contributed by atoms with Crippen molar-refractivity contribution in [2.24, 2.45) is 0 Å². The van der Waals surface area contributed by atoms with E-state index >= 15 is 0 Å². The van der Waals surface area contributed by atoms with Gasteiger partial charge in [-0.2, -0.15) is 5.10 Å². The first-order valence-corrected chi connectivity index (χ1v) is 12.5. The van der Waals surface area contributed by atoms with Gasteiger partial charge in [-0.1, -0.05) is 24.3 Å². The molecule has 42 heavy (non-hydrogen) atoms. The summed E-state index contributed by atoms with van der Waals surface area (Å²) in [4.78, 5) is 64.8. The molecule has 5 aromatic rings. The van der Waals surface area contributed by atoms with Crippen molar-refractivity contribution in [1.82, 2.24) is 25.2 Å². The number of benzene rings is 2. The van der Waals surface area contributed by atoms with Crippen molar-refractivity contribution in [3.8, 4) is 0 Å². The zero-order chi connectivity index (χ0) is 30.1. The van der Waals surface area contributed by atoms with Crippen molar-refractivity contribution >= 4 is 46.2 Å². The SMILES string of the molecule is C[C@H](NC(=O)c1cc(C(=O)NCc2cccc(Nc3c(N)c(=O)c3=O)c2)n2ncc(N)c2n1)c1ccc(C(=O)O)cc1. The molecule has 14 nitrogen and oxygen atoms in total. The molecule has 0 aliphatic heterocycles. The van der Waals surface area contributed by atoms with Crippen LogP contribution in [0.1, 0.15) is 55.4 Å². The number of hydrogen-bond donors (Lipinski definition) is 6. The first kappa shape index (κ1) is 27.5. The lowest BCUT2D eigenvalue weighted by Gasteiger charge is -2.15. The summed E-state index contributed by atoms with van der Waals surface area (Å²) < 4.78 is 1.22. The van der Waals surface area contributed by atoms with Gasteiger partial charge in [-0.3, -0.25) is 19.2 Å². The fourth-order valence-electron chi connectivity index (χ4n) is 4.24. The van der Waals surface area contributed by atoms with Gasteiger partial charge in [-0.05, 0) is 42.3 Å². The van der Waals surface area contributed by atoms with Gasteiger partial charge in [0.1, 0.15) is 22.8 Å². The maximum atomic E-state index is 13.2. The van der Waals surface area contributed by atoms with E-state index in [1.807, 2.05) is 0 Å². The van der Waals surface area contributed by atoms with Crippen molar-refractivity contribution in [3.63, 3.8) is 0 Å². The van der Waals surface area contributed by atoms with Gasteiger partial charge in [-0.15, -0.1) is 0 Å². The normalized spacial score (nSPS) is 11.7. The van der Waals surface area contributed by atoms with Crippen molar-refractivity contribution in [3.05, 3.63) is 109 Å². The standard InChI is InChI=1S/C28H24N8O6/c1-13(15-5-7-16(8-6-15)28(41)42)33-26(39)19-10-20(36-25(35-19)18(29)12-32-36)27(40)31-11-14-3-2-4-17(9-14)34-22-21(30)23(37)24(22)38/h2-10,12-13,34H,11,29-30H2,1H3,(H,31,40)(H,33,39)(H,41,42)/t13-/m0/s1. The molecule has 8 N–H and O–H groups in total. The Morgan fingerprint density at radius 1 is 1.00 bits per heavy atom. The van der Waals surface area contributed by atoms with Crippen molar-refractivity contribution in [1.29, 1.82) is 0 Å². The minimum absolute atomic E-state index is 0.00565. The van der Waals surface area contributed by atoms with Crippen LogP contribution >= 0.6 is 0 Å². The van der Waals surface area contributed by atoms with E-state index in [0.717, 1.165) is 0 Å². The number of carboxylic acids is 1. The van der Waals surface area contributed by atoms with Crippen LogP contribution in [-0.2, 0) is 6.54 Å². The number of nitrogens with zero attached hydrogens (tertiary/aromatic N) is 3. The molecule has 14 heteroatoms. The summed E-state index contributed by atoms with van der Waals surface area (Å²) in [7, 11) is 0. The van der Waals surface area contributed by atoms with Gasteiger partial charge in [0.05, 0.1) is 23.5 Å². The minimum atomic E-state index is -1.06. The Bertz CT molecular complexity index is 1940. The van der Waals surface area contributed by atoms with Gasteiger partial charge in [0.15, 0.2) is 5.65 Å². The number of rotatable bonds is 9. The van der Waals surface area contributed by atoms with Crippen LogP contribution < -0.4 is 38.3 Å². The summed E-state index contributed by atoms with van der Waals surface area (Å²) in [5, 5.41) is 21.6. The fraction of sp³-hybridized carbons (Fsp3) is 0.107. The number of nitrogen functional groups attached to an aromatic ring is 2. The van der Waals surface area contributed by atoms with Crippen molar-refractivity contribution in [2.75, 3.05) is 16.8 Å². The molecule has 0 spiro atoms. The highest BCUT2D eigenvalue weighted by molar-refractivity contribution is 5.99. The summed E-state index contributed by atoms with van der Waals surface area (Å²) in [6, 6.07) is 13.6. The quantitative estimate of drug-likeness (QED) is 0.139. The van der Waals surface area contributed by atoms with E-state index in [9.17, 15) is 24.0 Å². The zero-order valence-corrected chi connectivity index (χ0v) is 22.0. The first-order chi connectivity index (χ1) is 20.0. The van der Waals surface area contributed by atoms with Crippen LogP contribution in [0.25, 0.3) is 5.65 Å². The second-order valence-corrected chi connectivity index (χ2v) is 9.44. The summed E-state index contributed by atoms with van der Waals surface area (Å²) in [6.45, 7) is 1.79. The Hall–Kier alpha value is -6.05. The molecule has 1 atom stereocenters. The van der Waals surface area contributed by atoms with E-state index in [1.54, 1.807) is 43.3 Å². The van der Waals surface area contributed by atoms with Crippen LogP contribution in [-0.4, -0.2) is 37.5 Å². The summed E-state index contributed by atoms with van der Waals surface area (Å²) in [6.07, 6.45) is 1.31. The van der Waals surface area contributed by atoms with Crippen LogP contribution in [0, 0.1) is 0 Å². The molecule has 0 unspecified atom stereocenters. The molecule has 3 aromatic carbocycles. The highest BCUT2D eigenvalue weighted by atomic mass is 16.4. The average molecular weight is 569 g/mol. The molecule has 2 aromatic heterocycles. The second-order valence-electron chi connectivity index (χ2n) is 9.44. The molecule has 0 aliphatic carbocycles. The second kappa shape index (κ2) is 10.8. The van der Waals surface area contributed by atoms with Crippen LogP contribution in [0.15, 0.2) is 70.4 Å². The van der Waals surface area contributed by atoms with Crippen LogP contribution in [0.3, 0.4) is 0 Å². The maximum Gasteiger partial charge on any atom is 0.335 e. The molecule has 0 saturated carbocycles. The number of fused-ring (bicyclic) bond motifs is 1. The molecule has 5 rings (SSSR count). The van der Waals surface area contributed by atoms with E-state index in [4.69, 9.17) is 16.6 Å². The number of amides is 2. The summed E-state index contributed by atoms with van der Waals surface area (Å²) in [5.74, 6) is -2.21. The third kappa shape index (κ3) is 5.23. The number of aromatic carboxylic acids is 1. The number of nitrogens with one attached hydrogen (secondary N) is 3. The average Bonchev–Trinajstić information content (AvgIpc) is 3.38. The number of carboxylic acid groups (broad SMARTS) is 1. The molecule has 2 amide bonds. The Kier molecular flexibility index (Phi) is 7.10. The molecule has 212 valence electrons. The fourth-order valence-corrected chi connectivity index (χ4v) is 4.24. The summed E-state index contributed by atoms with van der Waals surface area (Å²) in [5.41, 5.74) is 12.2. The molecular weight excluding hydrogens is 544 g/mol. The topological polar surface area (TPSA) is 224 Å². The third-order valence-corrected chi connectivity index (χ3v) is 6.57. The first-order valence-electron chi connectivity index (χ1n) is 12.5. The minimum Gasteiger partial charge on any atom is -0.478 e. The van der Waals surface area contributed by atoms with Gasteiger partial charge >= 0.3 is 5.97 Å². The van der Waals surface area contributed by atoms with E-state index in [1.165, 1.54) is 28.9 Å².